The quantitative estimate of drug-likeness (QED) is 0.806. The van der Waals surface area contributed by atoms with Crippen LogP contribution in [0.5, 0.6) is 5.88 Å². The fourth-order valence-corrected chi connectivity index (χ4v) is 3.24. The topological polar surface area (TPSA) is 66.0 Å². The van der Waals surface area contributed by atoms with Gasteiger partial charge < -0.3 is 10.1 Å². The van der Waals surface area contributed by atoms with Crippen LogP contribution in [0.25, 0.3) is 0 Å². The van der Waals surface area contributed by atoms with E-state index in [-0.39, 0.29) is 17.4 Å². The van der Waals surface area contributed by atoms with E-state index in [0.717, 1.165) is 37.9 Å². The van der Waals surface area contributed by atoms with Gasteiger partial charge in [-0.2, -0.15) is 16.7 Å². The summed E-state index contributed by atoms with van der Waals surface area (Å²) < 4.78 is 0. The number of thioether (sulfide) groups is 1. The third kappa shape index (κ3) is 3.07. The molecule has 0 aromatic carbocycles. The second-order valence-corrected chi connectivity index (χ2v) is 5.89. The molecule has 1 heterocycles. The molecule has 1 fully saturated rings. The SMILES string of the molecule is CCCSCc1nc(O)c(C2CCCC2)c(=O)[nH]1. The van der Waals surface area contributed by atoms with Gasteiger partial charge in [0, 0.05) is 0 Å². The van der Waals surface area contributed by atoms with Gasteiger partial charge in [0.25, 0.3) is 5.56 Å². The van der Waals surface area contributed by atoms with Crippen LogP contribution in [0.2, 0.25) is 0 Å². The Morgan fingerprint density at radius 1 is 1.44 bits per heavy atom. The Labute approximate surface area is 111 Å². The van der Waals surface area contributed by atoms with Gasteiger partial charge in [-0.05, 0) is 30.9 Å². The summed E-state index contributed by atoms with van der Waals surface area (Å²) >= 11 is 1.72. The fourth-order valence-electron chi connectivity index (χ4n) is 2.48. The van der Waals surface area contributed by atoms with Crippen molar-refractivity contribution in [2.75, 3.05) is 5.75 Å². The van der Waals surface area contributed by atoms with Gasteiger partial charge >= 0.3 is 0 Å². The van der Waals surface area contributed by atoms with Gasteiger partial charge in [0.1, 0.15) is 5.82 Å². The van der Waals surface area contributed by atoms with Crippen LogP contribution in [0.3, 0.4) is 0 Å². The van der Waals surface area contributed by atoms with Crippen molar-refractivity contribution in [3.05, 3.63) is 21.7 Å². The molecule has 0 bridgehead atoms. The highest BCUT2D eigenvalue weighted by Crippen LogP contribution is 2.35. The lowest BCUT2D eigenvalue weighted by Gasteiger charge is -2.10. The molecular formula is C13H20N2O2S. The molecule has 1 aliphatic rings. The lowest BCUT2D eigenvalue weighted by molar-refractivity contribution is 0.433. The van der Waals surface area contributed by atoms with E-state index in [0.29, 0.717) is 17.1 Å². The maximum Gasteiger partial charge on any atom is 0.258 e. The zero-order chi connectivity index (χ0) is 13.0. The van der Waals surface area contributed by atoms with Gasteiger partial charge in [-0.3, -0.25) is 4.79 Å². The summed E-state index contributed by atoms with van der Waals surface area (Å²) in [6.45, 7) is 2.11. The zero-order valence-corrected chi connectivity index (χ0v) is 11.6. The minimum Gasteiger partial charge on any atom is -0.493 e. The van der Waals surface area contributed by atoms with Crippen molar-refractivity contribution in [2.24, 2.45) is 0 Å². The average Bonchev–Trinajstić information content (AvgIpc) is 2.82. The molecule has 0 saturated heterocycles. The number of nitrogens with one attached hydrogen (secondary N) is 1. The molecule has 1 saturated carbocycles. The van der Waals surface area contributed by atoms with Crippen LogP contribution in [-0.2, 0) is 5.75 Å². The minimum absolute atomic E-state index is 0.0576. The lowest BCUT2D eigenvalue weighted by atomic mass is 10.00. The smallest absolute Gasteiger partial charge is 0.258 e. The molecule has 0 radical (unpaired) electrons. The van der Waals surface area contributed by atoms with Crippen molar-refractivity contribution in [3.63, 3.8) is 0 Å². The molecule has 2 N–H and O–H groups in total. The number of H-pyrrole nitrogens is 1. The summed E-state index contributed by atoms with van der Waals surface area (Å²) in [5.41, 5.74) is 0.346. The van der Waals surface area contributed by atoms with Crippen LogP contribution in [0.1, 0.15) is 56.3 Å². The second kappa shape index (κ2) is 6.27. The number of aromatic hydroxyl groups is 1. The second-order valence-electron chi connectivity index (χ2n) is 4.78. The van der Waals surface area contributed by atoms with Crippen molar-refractivity contribution in [2.45, 2.75) is 50.7 Å². The summed E-state index contributed by atoms with van der Waals surface area (Å²) in [6.07, 6.45) is 5.35. The van der Waals surface area contributed by atoms with Gasteiger partial charge in [-0.25, -0.2) is 0 Å². The molecule has 4 nitrogen and oxygen atoms in total. The summed E-state index contributed by atoms with van der Waals surface area (Å²) in [7, 11) is 0. The van der Waals surface area contributed by atoms with Crippen molar-refractivity contribution < 1.29 is 5.11 Å². The lowest BCUT2D eigenvalue weighted by Crippen LogP contribution is -2.18. The maximum absolute atomic E-state index is 12.0. The summed E-state index contributed by atoms with van der Waals surface area (Å²) in [4.78, 5) is 19.0. The van der Waals surface area contributed by atoms with Gasteiger partial charge in [0.15, 0.2) is 0 Å². The molecular weight excluding hydrogens is 248 g/mol. The number of rotatable bonds is 5. The molecule has 100 valence electrons. The minimum atomic E-state index is -0.151. The first-order chi connectivity index (χ1) is 8.72. The molecule has 0 spiro atoms. The molecule has 1 aromatic rings. The van der Waals surface area contributed by atoms with E-state index in [4.69, 9.17) is 0 Å². The zero-order valence-electron chi connectivity index (χ0n) is 10.7. The summed E-state index contributed by atoms with van der Waals surface area (Å²) in [6, 6.07) is 0. The van der Waals surface area contributed by atoms with Gasteiger partial charge in [-0.1, -0.05) is 19.8 Å². The number of hydrogen-bond donors (Lipinski definition) is 2. The van der Waals surface area contributed by atoms with Crippen molar-refractivity contribution >= 4 is 11.8 Å². The Bertz CT molecular complexity index is 453. The number of aromatic amines is 1. The third-order valence-corrected chi connectivity index (χ3v) is 4.51. The Morgan fingerprint density at radius 3 is 2.78 bits per heavy atom. The first-order valence-electron chi connectivity index (χ1n) is 6.62. The predicted octanol–water partition coefficient (Wildman–Crippen LogP) is 2.78. The molecule has 5 heteroatoms. The maximum atomic E-state index is 12.0. The average molecular weight is 268 g/mol. The Hall–Kier alpha value is -0.970. The highest BCUT2D eigenvalue weighted by molar-refractivity contribution is 7.98. The van der Waals surface area contributed by atoms with E-state index in [2.05, 4.69) is 16.9 Å². The molecule has 0 unspecified atom stereocenters. The number of aromatic nitrogens is 2. The number of hydrogen-bond acceptors (Lipinski definition) is 4. The molecule has 0 atom stereocenters. The van der Waals surface area contributed by atoms with E-state index in [1.54, 1.807) is 11.8 Å². The van der Waals surface area contributed by atoms with E-state index in [9.17, 15) is 9.90 Å². The first kappa shape index (κ1) is 13.5. The summed E-state index contributed by atoms with van der Waals surface area (Å²) in [5, 5.41) is 9.95. The summed E-state index contributed by atoms with van der Waals surface area (Å²) in [5.74, 6) is 2.41. The van der Waals surface area contributed by atoms with E-state index < -0.39 is 0 Å². The highest BCUT2D eigenvalue weighted by Gasteiger charge is 2.24. The van der Waals surface area contributed by atoms with Crippen LogP contribution in [0, 0.1) is 0 Å². The van der Waals surface area contributed by atoms with E-state index in [1.807, 2.05) is 0 Å². The van der Waals surface area contributed by atoms with E-state index in [1.165, 1.54) is 0 Å². The van der Waals surface area contributed by atoms with Crippen LogP contribution in [0.4, 0.5) is 0 Å². The van der Waals surface area contributed by atoms with E-state index >= 15 is 0 Å². The fraction of sp³-hybridized carbons (Fsp3) is 0.692. The Balaban J connectivity index is 2.15. The molecule has 18 heavy (non-hydrogen) atoms. The predicted molar refractivity (Wildman–Crippen MR) is 74.2 cm³/mol. The van der Waals surface area contributed by atoms with Crippen molar-refractivity contribution in [1.29, 1.82) is 0 Å². The van der Waals surface area contributed by atoms with Gasteiger partial charge in [0.2, 0.25) is 5.88 Å². The van der Waals surface area contributed by atoms with Crippen molar-refractivity contribution in [1.82, 2.24) is 9.97 Å². The third-order valence-electron chi connectivity index (χ3n) is 3.33. The van der Waals surface area contributed by atoms with Gasteiger partial charge in [0.05, 0.1) is 11.3 Å². The Kier molecular flexibility index (Phi) is 4.69. The molecule has 1 aromatic heterocycles. The Morgan fingerprint density at radius 2 is 2.17 bits per heavy atom. The van der Waals surface area contributed by atoms with Crippen LogP contribution in [-0.4, -0.2) is 20.8 Å². The standard InChI is InChI=1S/C13H20N2O2S/c1-2-7-18-8-10-14-12(16)11(13(17)15-10)9-5-3-4-6-9/h9H,2-8H2,1H3,(H2,14,15,16,17). The van der Waals surface area contributed by atoms with Crippen LogP contribution in [0.15, 0.2) is 4.79 Å². The van der Waals surface area contributed by atoms with Crippen LogP contribution < -0.4 is 5.56 Å². The highest BCUT2D eigenvalue weighted by atomic mass is 32.2. The normalized spacial score (nSPS) is 16.3. The largest absolute Gasteiger partial charge is 0.493 e. The van der Waals surface area contributed by atoms with Crippen LogP contribution >= 0.6 is 11.8 Å². The molecule has 1 aliphatic carbocycles. The first-order valence-corrected chi connectivity index (χ1v) is 7.77. The number of nitrogens with zero attached hydrogens (tertiary/aromatic N) is 1. The van der Waals surface area contributed by atoms with Crippen molar-refractivity contribution in [3.8, 4) is 5.88 Å². The molecule has 0 aliphatic heterocycles. The monoisotopic (exact) mass is 268 g/mol. The molecule has 0 amide bonds. The molecule has 2 rings (SSSR count). The van der Waals surface area contributed by atoms with Gasteiger partial charge in [-0.15, -0.1) is 0 Å².